The largest absolute Gasteiger partial charge is 0.357 e. The Labute approximate surface area is 281 Å². The maximum Gasteiger partial charge on any atom is 0.357 e. The molecule has 0 fully saturated rings. The van der Waals surface area contributed by atoms with Gasteiger partial charge in [0.05, 0.1) is 12.8 Å². The molecule has 0 radical (unpaired) electrons. The van der Waals surface area contributed by atoms with E-state index in [1.165, 1.54) is 29.5 Å². The molecule has 256 valence electrons. The molecular weight excluding hydrogens is 596 g/mol. The van der Waals surface area contributed by atoms with Gasteiger partial charge in [0.15, 0.2) is 12.2 Å². The first kappa shape index (κ1) is 42.4. The van der Waals surface area contributed by atoms with Gasteiger partial charge in [-0.15, -0.1) is 0 Å². The third-order valence-electron chi connectivity index (χ3n) is 5.90. The van der Waals surface area contributed by atoms with E-state index in [4.69, 9.17) is 0 Å². The Balaban J connectivity index is 0.000000651. The van der Waals surface area contributed by atoms with Crippen molar-refractivity contribution in [3.63, 3.8) is 0 Å². The first-order valence-electron chi connectivity index (χ1n) is 15.5. The SMILES string of the molecule is CC#COOC(=O)CCN(C)CCC(=O)OOC#CC.CNCC1=CC=CCC1.CNCc1ccccc1.CNCc1ccccc1. The molecule has 0 amide bonds. The molecule has 0 unspecified atom stereocenters. The average molecular weight is 649 g/mol. The number of nitrogens with zero attached hydrogens (tertiary/aromatic N) is 1. The van der Waals surface area contributed by atoms with Crippen molar-refractivity contribution in [2.45, 2.75) is 52.6 Å². The van der Waals surface area contributed by atoms with E-state index in [2.05, 4.69) is 102 Å². The summed E-state index contributed by atoms with van der Waals surface area (Å²) in [6.07, 6.45) is 13.5. The van der Waals surface area contributed by atoms with Crippen LogP contribution < -0.4 is 16.0 Å². The van der Waals surface area contributed by atoms with Crippen molar-refractivity contribution in [1.29, 1.82) is 0 Å². The minimum Gasteiger partial charge on any atom is -0.316 e. The monoisotopic (exact) mass is 648 g/mol. The average Bonchev–Trinajstić information content (AvgIpc) is 3.09. The number of rotatable bonds is 14. The van der Waals surface area contributed by atoms with Gasteiger partial charge in [-0.1, -0.05) is 96.3 Å². The van der Waals surface area contributed by atoms with Crippen molar-refractivity contribution in [3.8, 4) is 24.1 Å². The summed E-state index contributed by atoms with van der Waals surface area (Å²) in [7, 11) is 7.64. The van der Waals surface area contributed by atoms with E-state index in [9.17, 15) is 9.59 Å². The normalized spacial score (nSPS) is 10.7. The second-order valence-electron chi connectivity index (χ2n) is 9.94. The van der Waals surface area contributed by atoms with Gasteiger partial charge in [-0.05, 0) is 52.2 Å². The van der Waals surface area contributed by atoms with Crippen LogP contribution in [0.15, 0.2) is 84.5 Å². The standard InChI is InChI=1S/C13H17NO6.C8H13N.2C8H11N/c1-4-10-17-19-12(15)6-8-14(3)9-7-13(16)20-18-11-5-2;3*1-9-7-8-5-3-2-4-6-8/h6-9H2,1-3H3;2-3,5,9H,4,6-7H2,1H3;2*2-6,9H,7H2,1H3. The van der Waals surface area contributed by atoms with Crippen LogP contribution in [0.1, 0.15) is 50.7 Å². The second kappa shape index (κ2) is 31.4. The zero-order chi connectivity index (χ0) is 34.8. The Morgan fingerprint density at radius 1 is 0.723 bits per heavy atom. The van der Waals surface area contributed by atoms with Gasteiger partial charge in [0, 0.05) is 46.6 Å². The molecule has 0 heterocycles. The fourth-order valence-electron chi connectivity index (χ4n) is 3.60. The first-order valence-corrected chi connectivity index (χ1v) is 15.5. The molecule has 1 aliphatic rings. The molecule has 10 nitrogen and oxygen atoms in total. The highest BCUT2D eigenvalue weighted by Gasteiger charge is 2.10. The van der Waals surface area contributed by atoms with Crippen LogP contribution >= 0.6 is 0 Å². The summed E-state index contributed by atoms with van der Waals surface area (Å²) in [5.41, 5.74) is 4.18. The van der Waals surface area contributed by atoms with E-state index >= 15 is 0 Å². The van der Waals surface area contributed by atoms with Gasteiger partial charge in [-0.3, -0.25) is 0 Å². The number of allylic oxidation sites excluding steroid dienone is 3. The van der Waals surface area contributed by atoms with E-state index in [1.807, 2.05) is 57.5 Å². The van der Waals surface area contributed by atoms with E-state index in [1.54, 1.807) is 25.8 Å². The van der Waals surface area contributed by atoms with Crippen LogP contribution in [0.25, 0.3) is 0 Å². The number of hydrogen-bond acceptors (Lipinski definition) is 10. The number of carbonyl (C=O) groups excluding carboxylic acids is 2. The topological polar surface area (TPSA) is 110 Å². The summed E-state index contributed by atoms with van der Waals surface area (Å²) >= 11 is 0. The van der Waals surface area contributed by atoms with Crippen LogP contribution in [0.2, 0.25) is 0 Å². The maximum atomic E-state index is 11.2. The quantitative estimate of drug-likeness (QED) is 0.149. The minimum atomic E-state index is -0.538. The molecular formula is C37H52N4O6. The molecule has 2 aromatic rings. The summed E-state index contributed by atoms with van der Waals surface area (Å²) in [4.78, 5) is 41.4. The lowest BCUT2D eigenvalue weighted by atomic mass is 10.1. The number of carbonyl (C=O) groups is 2. The fraction of sp³-hybridized carbons (Fsp3) is 0.405. The highest BCUT2D eigenvalue weighted by molar-refractivity contribution is 5.69. The third-order valence-corrected chi connectivity index (χ3v) is 5.90. The van der Waals surface area contributed by atoms with Crippen LogP contribution in [0.4, 0.5) is 0 Å². The third kappa shape index (κ3) is 27.5. The molecule has 3 rings (SSSR count). The van der Waals surface area contributed by atoms with Crippen molar-refractivity contribution >= 4 is 11.9 Å². The summed E-state index contributed by atoms with van der Waals surface area (Å²) in [6, 6.07) is 20.7. The molecule has 0 bridgehead atoms. The molecule has 0 aliphatic heterocycles. The molecule has 0 atom stereocenters. The first-order chi connectivity index (χ1) is 22.9. The van der Waals surface area contributed by atoms with Crippen LogP contribution in [0.3, 0.4) is 0 Å². The fourth-order valence-corrected chi connectivity index (χ4v) is 3.60. The van der Waals surface area contributed by atoms with Crippen LogP contribution in [0, 0.1) is 24.1 Å². The van der Waals surface area contributed by atoms with Crippen LogP contribution in [-0.2, 0) is 42.2 Å². The molecule has 10 heteroatoms. The molecule has 0 saturated carbocycles. The Hall–Kier alpha value is -4.58. The summed E-state index contributed by atoms with van der Waals surface area (Å²) < 4.78 is 0. The molecule has 47 heavy (non-hydrogen) atoms. The Bertz CT molecular complexity index is 1180. The number of likely N-dealkylation sites (N-methyl/N-ethyl adjacent to an activating group) is 1. The lowest BCUT2D eigenvalue weighted by Gasteiger charge is -2.14. The predicted octanol–water partition coefficient (Wildman–Crippen LogP) is 4.90. The molecule has 0 spiro atoms. The van der Waals surface area contributed by atoms with E-state index in [-0.39, 0.29) is 12.8 Å². The lowest BCUT2D eigenvalue weighted by molar-refractivity contribution is -0.231. The number of nitrogens with one attached hydrogen (secondary N) is 3. The van der Waals surface area contributed by atoms with E-state index in [0.717, 1.165) is 19.6 Å². The van der Waals surface area contributed by atoms with Crippen molar-refractivity contribution in [2.24, 2.45) is 0 Å². The van der Waals surface area contributed by atoms with Gasteiger partial charge in [-0.2, -0.15) is 0 Å². The number of benzene rings is 2. The van der Waals surface area contributed by atoms with Gasteiger partial charge in [0.1, 0.15) is 0 Å². The molecule has 3 N–H and O–H groups in total. The zero-order valence-corrected chi connectivity index (χ0v) is 28.8. The molecule has 0 aromatic heterocycles. The maximum absolute atomic E-state index is 11.2. The van der Waals surface area contributed by atoms with Crippen molar-refractivity contribution in [1.82, 2.24) is 20.9 Å². The van der Waals surface area contributed by atoms with Crippen molar-refractivity contribution in [2.75, 3.05) is 47.8 Å². The van der Waals surface area contributed by atoms with E-state index in [0.29, 0.717) is 13.1 Å². The van der Waals surface area contributed by atoms with Crippen molar-refractivity contribution in [3.05, 3.63) is 95.6 Å². The summed E-state index contributed by atoms with van der Waals surface area (Å²) in [6.45, 7) is 6.88. The predicted molar refractivity (Wildman–Crippen MR) is 187 cm³/mol. The Morgan fingerprint density at radius 3 is 1.53 bits per heavy atom. The zero-order valence-electron chi connectivity index (χ0n) is 28.8. The number of hydrogen-bond donors (Lipinski definition) is 3. The van der Waals surface area contributed by atoms with Gasteiger partial charge < -0.3 is 20.9 Å². The molecule has 2 aromatic carbocycles. The molecule has 1 aliphatic carbocycles. The lowest BCUT2D eigenvalue weighted by Crippen LogP contribution is -2.25. The summed E-state index contributed by atoms with van der Waals surface area (Å²) in [5.74, 6) is 3.74. The van der Waals surface area contributed by atoms with Crippen molar-refractivity contribution < 1.29 is 29.1 Å². The smallest absolute Gasteiger partial charge is 0.316 e. The summed E-state index contributed by atoms with van der Waals surface area (Å²) in [5, 5.41) is 9.30. The van der Waals surface area contributed by atoms with Gasteiger partial charge >= 0.3 is 11.9 Å². The van der Waals surface area contributed by atoms with Gasteiger partial charge in [0.25, 0.3) is 0 Å². The Morgan fingerprint density at radius 2 is 1.17 bits per heavy atom. The van der Waals surface area contributed by atoms with Crippen LogP contribution in [0.5, 0.6) is 0 Å². The second-order valence-corrected chi connectivity index (χ2v) is 9.94. The molecule has 0 saturated heterocycles. The highest BCUT2D eigenvalue weighted by atomic mass is 17.2. The van der Waals surface area contributed by atoms with Crippen LogP contribution in [-0.4, -0.2) is 64.7 Å². The van der Waals surface area contributed by atoms with E-state index < -0.39 is 11.9 Å². The minimum absolute atomic E-state index is 0.120. The van der Waals surface area contributed by atoms with Gasteiger partial charge in [0.2, 0.25) is 0 Å². The van der Waals surface area contributed by atoms with Gasteiger partial charge in [-0.25, -0.2) is 29.1 Å². The Kier molecular flexibility index (Phi) is 28.3. The highest BCUT2D eigenvalue weighted by Crippen LogP contribution is 2.09.